The van der Waals surface area contributed by atoms with Crippen LogP contribution in [0.4, 0.5) is 0 Å². The van der Waals surface area contributed by atoms with E-state index in [4.69, 9.17) is 4.74 Å². The first kappa shape index (κ1) is 18.4. The summed E-state index contributed by atoms with van der Waals surface area (Å²) in [5, 5.41) is 6.72. The van der Waals surface area contributed by atoms with Gasteiger partial charge in [-0.05, 0) is 41.8 Å². The van der Waals surface area contributed by atoms with Gasteiger partial charge in [0.05, 0.1) is 5.57 Å². The Bertz CT molecular complexity index is 671. The summed E-state index contributed by atoms with van der Waals surface area (Å²) >= 11 is 3.01. The zero-order valence-corrected chi connectivity index (χ0v) is 15.4. The summed E-state index contributed by atoms with van der Waals surface area (Å²) in [6, 6.07) is 7.74. The van der Waals surface area contributed by atoms with Gasteiger partial charge in [0.2, 0.25) is 0 Å². The van der Waals surface area contributed by atoms with Gasteiger partial charge >= 0.3 is 5.97 Å². The van der Waals surface area contributed by atoms with Crippen molar-refractivity contribution in [3.05, 3.63) is 44.8 Å². The minimum Gasteiger partial charge on any atom is -0.452 e. The lowest BCUT2D eigenvalue weighted by atomic mass is 10.2. The van der Waals surface area contributed by atoms with Crippen molar-refractivity contribution in [1.29, 1.82) is 0 Å². The predicted molar refractivity (Wildman–Crippen MR) is 100.0 cm³/mol. The smallest absolute Gasteiger partial charge is 0.340 e. The zero-order valence-electron chi connectivity index (χ0n) is 13.8. The quantitative estimate of drug-likeness (QED) is 0.565. The molecule has 0 bridgehead atoms. The molecule has 6 heteroatoms. The molecule has 0 saturated carbocycles. The van der Waals surface area contributed by atoms with Crippen LogP contribution in [0.5, 0.6) is 0 Å². The molecule has 2 aromatic rings. The van der Waals surface area contributed by atoms with Crippen LogP contribution < -0.4 is 5.32 Å². The maximum Gasteiger partial charge on any atom is 0.340 e. The fourth-order valence-electron chi connectivity index (χ4n) is 2.15. The molecule has 0 atom stereocenters. The van der Waals surface area contributed by atoms with Gasteiger partial charge in [0.1, 0.15) is 0 Å². The van der Waals surface area contributed by atoms with Crippen LogP contribution in [0.3, 0.4) is 0 Å². The van der Waals surface area contributed by atoms with E-state index in [9.17, 15) is 9.59 Å². The Kier molecular flexibility index (Phi) is 7.21. The molecule has 0 aliphatic rings. The van der Waals surface area contributed by atoms with Crippen LogP contribution in [0.2, 0.25) is 0 Å². The molecule has 2 heterocycles. The van der Waals surface area contributed by atoms with Gasteiger partial charge in [0.25, 0.3) is 5.91 Å². The molecule has 0 aliphatic carbocycles. The monoisotopic (exact) mass is 363 g/mol. The van der Waals surface area contributed by atoms with Gasteiger partial charge in [-0.15, -0.1) is 22.7 Å². The van der Waals surface area contributed by atoms with Crippen molar-refractivity contribution >= 4 is 46.2 Å². The summed E-state index contributed by atoms with van der Waals surface area (Å²) < 4.78 is 5.22. The number of hydrogen-bond acceptors (Lipinski definition) is 5. The molecule has 2 rings (SSSR count). The van der Waals surface area contributed by atoms with Gasteiger partial charge in [0.15, 0.2) is 6.61 Å². The summed E-state index contributed by atoms with van der Waals surface area (Å²) in [6.07, 6.45) is 3.52. The molecule has 0 radical (unpaired) electrons. The van der Waals surface area contributed by atoms with E-state index < -0.39 is 5.97 Å². The Balaban J connectivity index is 2.03. The van der Waals surface area contributed by atoms with Crippen LogP contribution in [0.25, 0.3) is 11.6 Å². The average molecular weight is 364 g/mol. The highest BCUT2D eigenvalue weighted by Gasteiger charge is 2.17. The number of thiophene rings is 2. The van der Waals surface area contributed by atoms with E-state index in [0.29, 0.717) is 5.57 Å². The maximum atomic E-state index is 12.4. The molecular formula is C18H21NO3S2. The molecule has 24 heavy (non-hydrogen) atoms. The van der Waals surface area contributed by atoms with Crippen molar-refractivity contribution in [3.8, 4) is 0 Å². The minimum atomic E-state index is -0.481. The van der Waals surface area contributed by atoms with Crippen LogP contribution >= 0.6 is 22.7 Å². The highest BCUT2D eigenvalue weighted by Crippen LogP contribution is 2.25. The summed E-state index contributed by atoms with van der Waals surface area (Å²) in [4.78, 5) is 26.1. The Morgan fingerprint density at radius 3 is 2.46 bits per heavy atom. The lowest BCUT2D eigenvalue weighted by Crippen LogP contribution is -2.36. The summed E-state index contributed by atoms with van der Waals surface area (Å²) in [5.74, 6) is -0.746. The van der Waals surface area contributed by atoms with Crippen molar-refractivity contribution in [2.24, 2.45) is 0 Å². The highest BCUT2D eigenvalue weighted by atomic mass is 32.1. The maximum absolute atomic E-state index is 12.4. The number of carbonyl (C=O) groups excluding carboxylic acids is 2. The molecular weight excluding hydrogens is 342 g/mol. The first-order valence-electron chi connectivity index (χ1n) is 7.89. The van der Waals surface area contributed by atoms with Crippen molar-refractivity contribution < 1.29 is 14.3 Å². The predicted octanol–water partition coefficient (Wildman–Crippen LogP) is 4.20. The van der Waals surface area contributed by atoms with Crippen molar-refractivity contribution in [2.75, 3.05) is 6.61 Å². The van der Waals surface area contributed by atoms with Crippen molar-refractivity contribution in [1.82, 2.24) is 5.32 Å². The van der Waals surface area contributed by atoms with E-state index in [1.54, 1.807) is 17.4 Å². The highest BCUT2D eigenvalue weighted by molar-refractivity contribution is 7.12. The van der Waals surface area contributed by atoms with Crippen molar-refractivity contribution in [3.63, 3.8) is 0 Å². The molecule has 0 spiro atoms. The fraction of sp³-hybridized carbons (Fsp3) is 0.333. The molecule has 1 amide bonds. The molecule has 0 fully saturated rings. The van der Waals surface area contributed by atoms with Crippen LogP contribution in [-0.2, 0) is 14.3 Å². The summed E-state index contributed by atoms with van der Waals surface area (Å²) in [7, 11) is 0. The molecule has 4 nitrogen and oxygen atoms in total. The summed E-state index contributed by atoms with van der Waals surface area (Å²) in [6.45, 7) is 3.76. The standard InChI is InChI=1S/C18H21NO3S2/c1-3-13(4-2)19-17(20)12-22-18(21)15(16-8-6-10-24-16)11-14-7-5-9-23-14/h5-11,13H,3-4,12H2,1-2H3,(H,19,20)/b15-11+. The fourth-order valence-corrected chi connectivity index (χ4v) is 3.54. The third kappa shape index (κ3) is 5.32. The van der Waals surface area contributed by atoms with Crippen LogP contribution in [0, 0.1) is 0 Å². The van der Waals surface area contributed by atoms with Gasteiger partial charge in [-0.1, -0.05) is 26.0 Å². The number of carbonyl (C=O) groups is 2. The number of esters is 1. The Hall–Kier alpha value is -1.92. The second kappa shape index (κ2) is 9.39. The van der Waals surface area contributed by atoms with Gasteiger partial charge in [-0.25, -0.2) is 4.79 Å². The minimum absolute atomic E-state index is 0.120. The third-order valence-electron chi connectivity index (χ3n) is 3.52. The number of nitrogens with one attached hydrogen (secondary N) is 1. The van der Waals surface area contributed by atoms with E-state index in [-0.39, 0.29) is 18.6 Å². The average Bonchev–Trinajstić information content (AvgIpc) is 3.28. The van der Waals surface area contributed by atoms with Gasteiger partial charge in [-0.2, -0.15) is 0 Å². The van der Waals surface area contributed by atoms with Crippen LogP contribution in [0.1, 0.15) is 36.4 Å². The number of amides is 1. The van der Waals surface area contributed by atoms with Crippen LogP contribution in [-0.4, -0.2) is 24.5 Å². The van der Waals surface area contributed by atoms with Crippen molar-refractivity contribution in [2.45, 2.75) is 32.7 Å². The summed E-state index contributed by atoms with van der Waals surface area (Å²) in [5.41, 5.74) is 0.475. The molecule has 0 saturated heterocycles. The number of rotatable bonds is 8. The Labute approximate surface area is 150 Å². The molecule has 128 valence electrons. The number of hydrogen-bond donors (Lipinski definition) is 1. The van der Waals surface area contributed by atoms with E-state index in [0.717, 1.165) is 22.6 Å². The van der Waals surface area contributed by atoms with E-state index in [1.165, 1.54) is 11.3 Å². The largest absolute Gasteiger partial charge is 0.452 e. The molecule has 0 aromatic carbocycles. The Morgan fingerprint density at radius 1 is 1.17 bits per heavy atom. The zero-order chi connectivity index (χ0) is 17.4. The molecule has 0 aliphatic heterocycles. The van der Waals surface area contributed by atoms with E-state index in [2.05, 4.69) is 5.32 Å². The normalized spacial score (nSPS) is 11.5. The van der Waals surface area contributed by atoms with Crippen LogP contribution in [0.15, 0.2) is 35.0 Å². The second-order valence-electron chi connectivity index (χ2n) is 5.21. The van der Waals surface area contributed by atoms with Gasteiger partial charge in [-0.3, -0.25) is 4.79 Å². The first-order valence-corrected chi connectivity index (χ1v) is 9.65. The first-order chi connectivity index (χ1) is 11.6. The topological polar surface area (TPSA) is 55.4 Å². The lowest BCUT2D eigenvalue weighted by Gasteiger charge is -2.14. The SMILES string of the molecule is CCC(CC)NC(=O)COC(=O)/C(=C/c1cccs1)c1cccs1. The Morgan fingerprint density at radius 2 is 1.88 bits per heavy atom. The van der Waals surface area contributed by atoms with E-state index >= 15 is 0 Å². The van der Waals surface area contributed by atoms with E-state index in [1.807, 2.05) is 48.9 Å². The molecule has 1 N–H and O–H groups in total. The second-order valence-corrected chi connectivity index (χ2v) is 7.13. The van der Waals surface area contributed by atoms with Gasteiger partial charge in [0, 0.05) is 15.8 Å². The number of ether oxygens (including phenoxy) is 1. The molecule has 0 unspecified atom stereocenters. The lowest BCUT2D eigenvalue weighted by molar-refractivity contribution is -0.143. The van der Waals surface area contributed by atoms with Gasteiger partial charge < -0.3 is 10.1 Å². The molecule has 2 aromatic heterocycles. The third-order valence-corrected chi connectivity index (χ3v) is 5.24.